The van der Waals surface area contributed by atoms with Crippen molar-refractivity contribution in [3.8, 4) is 6.07 Å². The fraction of sp³-hybridized carbons (Fsp3) is 0.588. The van der Waals surface area contributed by atoms with Crippen LogP contribution in [0.5, 0.6) is 0 Å². The summed E-state index contributed by atoms with van der Waals surface area (Å²) in [5, 5.41) is 12.8. The van der Waals surface area contributed by atoms with Crippen molar-refractivity contribution in [1.29, 1.82) is 5.26 Å². The van der Waals surface area contributed by atoms with E-state index >= 15 is 0 Å². The van der Waals surface area contributed by atoms with Crippen LogP contribution in [0, 0.1) is 17.1 Å². The van der Waals surface area contributed by atoms with Crippen LogP contribution in [0.3, 0.4) is 0 Å². The lowest BCUT2D eigenvalue weighted by molar-refractivity contribution is 0.337. The number of rotatable bonds is 8. The third-order valence-electron chi connectivity index (χ3n) is 3.73. The van der Waals surface area contributed by atoms with E-state index in [4.69, 9.17) is 0 Å². The van der Waals surface area contributed by atoms with Crippen LogP contribution in [0.1, 0.15) is 40.0 Å². The Morgan fingerprint density at radius 2 is 2.14 bits per heavy atom. The number of hydrogen-bond acceptors (Lipinski definition) is 3. The molecule has 0 aliphatic heterocycles. The third kappa shape index (κ3) is 5.35. The van der Waals surface area contributed by atoms with Gasteiger partial charge in [0.1, 0.15) is 11.4 Å². The van der Waals surface area contributed by atoms with Crippen molar-refractivity contribution in [2.75, 3.05) is 18.5 Å². The first-order chi connectivity index (χ1) is 9.92. The second-order valence-electron chi connectivity index (χ2n) is 5.85. The second kappa shape index (κ2) is 7.99. The molecule has 116 valence electrons. The van der Waals surface area contributed by atoms with E-state index in [1.165, 1.54) is 12.1 Å². The lowest BCUT2D eigenvalue weighted by atomic mass is 9.91. The molecule has 1 N–H and O–H groups in total. The number of anilines is 1. The minimum Gasteiger partial charge on any atom is -0.375 e. The van der Waals surface area contributed by atoms with Crippen molar-refractivity contribution < 1.29 is 4.39 Å². The average Bonchev–Trinajstić information content (AvgIpc) is 2.45. The molecule has 0 radical (unpaired) electrons. The lowest BCUT2D eigenvalue weighted by Gasteiger charge is -2.30. The zero-order chi connectivity index (χ0) is 15.9. The van der Waals surface area contributed by atoms with Gasteiger partial charge in [0.25, 0.3) is 0 Å². The fourth-order valence-corrected chi connectivity index (χ4v) is 2.53. The normalized spacial score (nSPS) is 13.8. The minimum absolute atomic E-state index is 0.222. The molecule has 0 heterocycles. The molecule has 21 heavy (non-hydrogen) atoms. The van der Waals surface area contributed by atoms with Crippen LogP contribution < -0.4 is 10.2 Å². The van der Waals surface area contributed by atoms with Crippen LogP contribution >= 0.6 is 0 Å². The Kier molecular flexibility index (Phi) is 6.64. The van der Waals surface area contributed by atoms with Crippen molar-refractivity contribution in [2.24, 2.45) is 0 Å². The molecular weight excluding hydrogens is 265 g/mol. The van der Waals surface area contributed by atoms with Crippen molar-refractivity contribution in [2.45, 2.75) is 51.6 Å². The smallest absolute Gasteiger partial charge is 0.125 e. The van der Waals surface area contributed by atoms with E-state index in [-0.39, 0.29) is 11.9 Å². The highest BCUT2D eigenvalue weighted by Gasteiger charge is 2.27. The summed E-state index contributed by atoms with van der Waals surface area (Å²) in [6, 6.07) is 9.30. The van der Waals surface area contributed by atoms with Gasteiger partial charge in [-0.1, -0.05) is 13.0 Å². The van der Waals surface area contributed by atoms with E-state index in [2.05, 4.69) is 25.2 Å². The van der Waals surface area contributed by atoms with Gasteiger partial charge >= 0.3 is 0 Å². The second-order valence-corrected chi connectivity index (χ2v) is 5.85. The first-order valence-electron chi connectivity index (χ1n) is 7.58. The number of nitriles is 1. The highest BCUT2D eigenvalue weighted by Crippen LogP contribution is 2.20. The van der Waals surface area contributed by atoms with Crippen molar-refractivity contribution in [3.05, 3.63) is 30.1 Å². The zero-order valence-electron chi connectivity index (χ0n) is 13.5. The number of benzene rings is 1. The molecule has 1 aromatic rings. The van der Waals surface area contributed by atoms with Gasteiger partial charge in [0, 0.05) is 25.3 Å². The third-order valence-corrected chi connectivity index (χ3v) is 3.73. The average molecular weight is 291 g/mol. The maximum absolute atomic E-state index is 13.2. The predicted octanol–water partition coefficient (Wildman–Crippen LogP) is 3.71. The highest BCUT2D eigenvalue weighted by molar-refractivity contribution is 5.45. The molecule has 0 saturated carbocycles. The summed E-state index contributed by atoms with van der Waals surface area (Å²) in [7, 11) is 1.95. The van der Waals surface area contributed by atoms with E-state index in [0.717, 1.165) is 31.5 Å². The van der Waals surface area contributed by atoms with Crippen molar-refractivity contribution >= 4 is 5.69 Å². The molecular formula is C17H26FN3. The molecule has 4 heteroatoms. The van der Waals surface area contributed by atoms with Crippen LogP contribution in [-0.4, -0.2) is 25.2 Å². The molecule has 0 aliphatic rings. The van der Waals surface area contributed by atoms with Gasteiger partial charge in [-0.3, -0.25) is 5.32 Å². The maximum atomic E-state index is 13.2. The summed E-state index contributed by atoms with van der Waals surface area (Å²) in [4.78, 5) is 2.02. The summed E-state index contributed by atoms with van der Waals surface area (Å²) < 4.78 is 13.2. The van der Waals surface area contributed by atoms with Crippen LogP contribution in [0.4, 0.5) is 10.1 Å². The zero-order valence-corrected chi connectivity index (χ0v) is 13.5. The Morgan fingerprint density at radius 3 is 2.67 bits per heavy atom. The Labute approximate surface area is 127 Å². The Hall–Kier alpha value is -1.60. The number of hydrogen-bond donors (Lipinski definition) is 1. The molecule has 1 atom stereocenters. The van der Waals surface area contributed by atoms with Gasteiger partial charge in [-0.15, -0.1) is 0 Å². The number of nitrogens with one attached hydrogen (secondary N) is 1. The van der Waals surface area contributed by atoms with Crippen LogP contribution in [0.15, 0.2) is 24.3 Å². The molecule has 0 saturated heterocycles. The number of halogens is 1. The van der Waals surface area contributed by atoms with Gasteiger partial charge in [-0.2, -0.15) is 5.26 Å². The minimum atomic E-state index is -0.461. The van der Waals surface area contributed by atoms with E-state index in [1.54, 1.807) is 6.07 Å². The van der Waals surface area contributed by atoms with Crippen LogP contribution in [0.25, 0.3) is 0 Å². The molecule has 0 fully saturated rings. The van der Waals surface area contributed by atoms with Gasteiger partial charge in [0.05, 0.1) is 6.07 Å². The lowest BCUT2D eigenvalue weighted by Crippen LogP contribution is -2.47. The fourth-order valence-electron chi connectivity index (χ4n) is 2.53. The number of nitrogens with zero attached hydrogens (tertiary/aromatic N) is 2. The van der Waals surface area contributed by atoms with E-state index in [9.17, 15) is 9.65 Å². The topological polar surface area (TPSA) is 39.1 Å². The molecule has 0 amide bonds. The molecule has 0 aromatic heterocycles. The van der Waals surface area contributed by atoms with Crippen molar-refractivity contribution in [3.63, 3.8) is 0 Å². The Morgan fingerprint density at radius 1 is 1.43 bits per heavy atom. The summed E-state index contributed by atoms with van der Waals surface area (Å²) in [6.07, 6.45) is 2.46. The SMILES string of the molecule is CCC(C#N)(CCCN(C)c1cccc(F)c1)NC(C)C. The molecule has 0 spiro atoms. The first-order valence-corrected chi connectivity index (χ1v) is 7.58. The highest BCUT2D eigenvalue weighted by atomic mass is 19.1. The van der Waals surface area contributed by atoms with E-state index in [0.29, 0.717) is 0 Å². The van der Waals surface area contributed by atoms with Gasteiger partial charge in [0.15, 0.2) is 0 Å². The largest absolute Gasteiger partial charge is 0.375 e. The van der Waals surface area contributed by atoms with Gasteiger partial charge in [-0.25, -0.2) is 4.39 Å². The Balaban J connectivity index is 2.56. The molecule has 1 rings (SSSR count). The maximum Gasteiger partial charge on any atom is 0.125 e. The predicted molar refractivity (Wildman–Crippen MR) is 85.8 cm³/mol. The van der Waals surface area contributed by atoms with Crippen LogP contribution in [0.2, 0.25) is 0 Å². The molecule has 1 unspecified atom stereocenters. The molecule has 0 bridgehead atoms. The quantitative estimate of drug-likeness (QED) is 0.793. The first kappa shape index (κ1) is 17.5. The van der Waals surface area contributed by atoms with E-state index in [1.807, 2.05) is 24.9 Å². The van der Waals surface area contributed by atoms with Gasteiger partial charge in [0.2, 0.25) is 0 Å². The summed E-state index contributed by atoms with van der Waals surface area (Å²) in [5.41, 5.74) is 0.405. The monoisotopic (exact) mass is 291 g/mol. The van der Waals surface area contributed by atoms with Gasteiger partial charge < -0.3 is 4.90 Å². The standard InChI is InChI=1S/C17H26FN3/c1-5-17(13-19,20-14(2)3)10-7-11-21(4)16-9-6-8-15(18)12-16/h6,8-9,12,14,20H,5,7,10-11H2,1-4H3. The summed E-state index contributed by atoms with van der Waals surface area (Å²) >= 11 is 0. The Bertz CT molecular complexity index is 481. The summed E-state index contributed by atoms with van der Waals surface area (Å²) in [5.74, 6) is -0.222. The van der Waals surface area contributed by atoms with Crippen molar-refractivity contribution in [1.82, 2.24) is 5.32 Å². The summed E-state index contributed by atoms with van der Waals surface area (Å²) in [6.45, 7) is 6.95. The molecule has 3 nitrogen and oxygen atoms in total. The van der Waals surface area contributed by atoms with E-state index < -0.39 is 5.54 Å². The van der Waals surface area contributed by atoms with Crippen LogP contribution in [-0.2, 0) is 0 Å². The van der Waals surface area contributed by atoms with Gasteiger partial charge in [-0.05, 0) is 51.3 Å². The molecule has 1 aromatic carbocycles. The molecule has 0 aliphatic carbocycles.